The summed E-state index contributed by atoms with van der Waals surface area (Å²) in [6, 6.07) is 8.47. The van der Waals surface area contributed by atoms with Crippen molar-refractivity contribution in [3.8, 4) is 5.75 Å². The van der Waals surface area contributed by atoms with Crippen LogP contribution in [0, 0.1) is 0 Å². The monoisotopic (exact) mass is 312 g/mol. The molecule has 0 amide bonds. The number of ether oxygens (including phenoxy) is 1. The molecule has 0 aliphatic heterocycles. The molecule has 11 heavy (non-hydrogen) atoms. The van der Waals surface area contributed by atoms with Gasteiger partial charge >= 0.3 is 85.8 Å². The van der Waals surface area contributed by atoms with E-state index in [1.165, 1.54) is 4.16 Å². The van der Waals surface area contributed by atoms with Gasteiger partial charge in [0.1, 0.15) is 0 Å². The van der Waals surface area contributed by atoms with Gasteiger partial charge in [-0.25, -0.2) is 0 Å². The van der Waals surface area contributed by atoms with Crippen molar-refractivity contribution in [2.45, 2.75) is 6.92 Å². The molecule has 0 aliphatic carbocycles. The minimum absolute atomic E-state index is 0.404. The molecule has 3 heteroatoms. The van der Waals surface area contributed by atoms with Gasteiger partial charge in [0, 0.05) is 0 Å². The molecule has 0 bridgehead atoms. The van der Waals surface area contributed by atoms with E-state index in [-0.39, 0.29) is 0 Å². The molecule has 0 radical (unpaired) electrons. The Morgan fingerprint density at radius 1 is 1.36 bits per heavy atom. The molecule has 0 aliphatic rings. The maximum atomic E-state index is 5.32. The van der Waals surface area contributed by atoms with Gasteiger partial charge in [-0.05, 0) is 0 Å². The molecule has 1 aromatic carbocycles. The SMILES string of the molecule is CCOc1cc[c]([Zn][I])cc1. The van der Waals surface area contributed by atoms with Crippen LogP contribution in [0.5, 0.6) is 5.75 Å². The summed E-state index contributed by atoms with van der Waals surface area (Å²) in [5, 5.41) is 0. The fraction of sp³-hybridized carbons (Fsp3) is 0.250. The van der Waals surface area contributed by atoms with Gasteiger partial charge in [0.2, 0.25) is 0 Å². The van der Waals surface area contributed by atoms with Crippen molar-refractivity contribution in [2.75, 3.05) is 6.61 Å². The Hall–Kier alpha value is 0.373. The van der Waals surface area contributed by atoms with Gasteiger partial charge in [0.05, 0.1) is 0 Å². The zero-order chi connectivity index (χ0) is 8.10. The molecule has 0 spiro atoms. The maximum absolute atomic E-state index is 5.32. The molecule has 0 aromatic heterocycles. The Morgan fingerprint density at radius 3 is 2.45 bits per heavy atom. The fourth-order valence-electron chi connectivity index (χ4n) is 0.841. The van der Waals surface area contributed by atoms with Crippen molar-refractivity contribution in [2.24, 2.45) is 0 Å². The molecule has 1 rings (SSSR count). The Morgan fingerprint density at radius 2 is 2.00 bits per heavy atom. The first-order chi connectivity index (χ1) is 5.36. The van der Waals surface area contributed by atoms with Crippen LogP contribution in [0.1, 0.15) is 6.92 Å². The van der Waals surface area contributed by atoms with Crippen molar-refractivity contribution < 1.29 is 18.3 Å². The molecule has 0 unspecified atom stereocenters. The normalized spacial score (nSPS) is 8.91. The summed E-state index contributed by atoms with van der Waals surface area (Å²) < 4.78 is 6.85. The van der Waals surface area contributed by atoms with Crippen LogP contribution in [0.4, 0.5) is 0 Å². The average molecular weight is 313 g/mol. The third kappa shape index (κ3) is 3.08. The third-order valence-corrected chi connectivity index (χ3v) is 7.60. The van der Waals surface area contributed by atoms with E-state index < -0.39 is 13.6 Å². The Kier molecular flexibility index (Phi) is 4.38. The Balaban J connectivity index is 2.66. The number of benzene rings is 1. The number of rotatable bonds is 3. The van der Waals surface area contributed by atoms with Gasteiger partial charge in [-0.15, -0.1) is 0 Å². The number of hydrogen-bond donors (Lipinski definition) is 0. The van der Waals surface area contributed by atoms with Crippen molar-refractivity contribution in [3.05, 3.63) is 24.3 Å². The zero-order valence-corrected chi connectivity index (χ0v) is 11.6. The second-order valence-electron chi connectivity index (χ2n) is 2.21. The summed E-state index contributed by atoms with van der Waals surface area (Å²) in [5.41, 5.74) is 0. The third-order valence-electron chi connectivity index (χ3n) is 1.39. The predicted octanol–water partition coefficient (Wildman–Crippen LogP) is 2.14. The minimum atomic E-state index is -0.404. The summed E-state index contributed by atoms with van der Waals surface area (Å²) in [6.07, 6.45) is 0. The van der Waals surface area contributed by atoms with Crippen LogP contribution in [0.3, 0.4) is 0 Å². The van der Waals surface area contributed by atoms with Crippen molar-refractivity contribution >= 4 is 23.9 Å². The molecule has 0 atom stereocenters. The molecule has 1 aromatic rings. The van der Waals surface area contributed by atoms with Crippen LogP contribution in [-0.2, 0) is 13.6 Å². The van der Waals surface area contributed by atoms with Crippen LogP contribution in [0.2, 0.25) is 0 Å². The molecule has 0 heterocycles. The van der Waals surface area contributed by atoms with Crippen LogP contribution in [0.15, 0.2) is 24.3 Å². The van der Waals surface area contributed by atoms with E-state index in [2.05, 4.69) is 44.0 Å². The molecule has 0 saturated carbocycles. The zero-order valence-electron chi connectivity index (χ0n) is 6.51. The van der Waals surface area contributed by atoms with Crippen molar-refractivity contribution in [1.82, 2.24) is 0 Å². The molecule has 56 valence electrons. The van der Waals surface area contributed by atoms with Gasteiger partial charge in [0.25, 0.3) is 0 Å². The van der Waals surface area contributed by atoms with Crippen LogP contribution >= 0.6 is 19.8 Å². The number of halogens is 1. The Labute approximate surface area is 85.3 Å². The Bertz CT molecular complexity index is 210. The first-order valence-electron chi connectivity index (χ1n) is 3.64. The van der Waals surface area contributed by atoms with Gasteiger partial charge in [-0.2, -0.15) is 0 Å². The van der Waals surface area contributed by atoms with Crippen LogP contribution in [-0.4, -0.2) is 6.61 Å². The van der Waals surface area contributed by atoms with E-state index in [0.29, 0.717) is 0 Å². The van der Waals surface area contributed by atoms with E-state index in [1.54, 1.807) is 0 Å². The summed E-state index contributed by atoms with van der Waals surface area (Å²) in [6.45, 7) is 2.76. The molecule has 1 nitrogen and oxygen atoms in total. The average Bonchev–Trinajstić information content (AvgIpc) is 2.07. The first-order valence-corrected chi connectivity index (χ1v) is 14.2. The second kappa shape index (κ2) is 5.10. The number of hydrogen-bond acceptors (Lipinski definition) is 1. The van der Waals surface area contributed by atoms with Gasteiger partial charge in [-0.3, -0.25) is 0 Å². The summed E-state index contributed by atoms with van der Waals surface area (Å²) in [7, 11) is 0. The van der Waals surface area contributed by atoms with E-state index >= 15 is 0 Å². The first kappa shape index (κ1) is 9.46. The van der Waals surface area contributed by atoms with Gasteiger partial charge in [0.15, 0.2) is 0 Å². The molecule has 0 N–H and O–H groups in total. The van der Waals surface area contributed by atoms with Crippen molar-refractivity contribution in [1.29, 1.82) is 0 Å². The molecular formula is C8H9IOZn. The summed E-state index contributed by atoms with van der Waals surface area (Å²) >= 11 is 2.13. The standard InChI is InChI=1S/C8H9O.HI.Zn/c1-2-9-8-6-4-3-5-7-8;;/h4-7H,2H2,1H3;1H;/q;;+1/p-1. The van der Waals surface area contributed by atoms with E-state index in [1.807, 2.05) is 6.92 Å². The van der Waals surface area contributed by atoms with Gasteiger partial charge < -0.3 is 0 Å². The van der Waals surface area contributed by atoms with Crippen molar-refractivity contribution in [3.63, 3.8) is 0 Å². The van der Waals surface area contributed by atoms with Gasteiger partial charge in [-0.1, -0.05) is 0 Å². The topological polar surface area (TPSA) is 9.23 Å². The quantitative estimate of drug-likeness (QED) is 0.614. The molecular weight excluding hydrogens is 304 g/mol. The predicted molar refractivity (Wildman–Crippen MR) is 51.3 cm³/mol. The van der Waals surface area contributed by atoms with E-state index in [0.717, 1.165) is 12.4 Å². The van der Waals surface area contributed by atoms with Crippen LogP contribution < -0.4 is 8.89 Å². The summed E-state index contributed by atoms with van der Waals surface area (Å²) in [5.74, 6) is 0.989. The molecule has 0 fully saturated rings. The van der Waals surface area contributed by atoms with E-state index in [9.17, 15) is 0 Å². The molecule has 0 saturated heterocycles. The van der Waals surface area contributed by atoms with Crippen LogP contribution in [0.25, 0.3) is 0 Å². The fourth-order valence-corrected chi connectivity index (χ4v) is 4.35. The van der Waals surface area contributed by atoms with E-state index in [4.69, 9.17) is 4.74 Å². The summed E-state index contributed by atoms with van der Waals surface area (Å²) in [4.78, 5) is 0. The second-order valence-corrected chi connectivity index (χ2v) is 8.45.